The molecule has 0 spiro atoms. The highest BCUT2D eigenvalue weighted by Crippen LogP contribution is 2.18. The van der Waals surface area contributed by atoms with Gasteiger partial charge in [0.15, 0.2) is 0 Å². The van der Waals surface area contributed by atoms with E-state index in [1.54, 1.807) is 6.92 Å². The summed E-state index contributed by atoms with van der Waals surface area (Å²) in [6.07, 6.45) is 0. The minimum absolute atomic E-state index is 0.00490. The van der Waals surface area contributed by atoms with Crippen LogP contribution in [0.15, 0.2) is 24.3 Å². The summed E-state index contributed by atoms with van der Waals surface area (Å²) in [5.74, 6) is 0.406. The Labute approximate surface area is 103 Å². The van der Waals surface area contributed by atoms with Crippen LogP contribution in [0, 0.1) is 0 Å². The molecule has 0 heterocycles. The molecule has 0 aliphatic rings. The Balaban J connectivity index is 2.70. The van der Waals surface area contributed by atoms with Gasteiger partial charge < -0.3 is 11.1 Å². The third-order valence-corrected chi connectivity index (χ3v) is 2.88. The van der Waals surface area contributed by atoms with E-state index in [2.05, 4.69) is 43.4 Å². The lowest BCUT2D eigenvalue weighted by Crippen LogP contribution is -2.39. The van der Waals surface area contributed by atoms with E-state index in [1.165, 1.54) is 5.56 Å². The lowest BCUT2D eigenvalue weighted by Gasteiger charge is -2.16. The molecule has 0 fully saturated rings. The van der Waals surface area contributed by atoms with E-state index in [9.17, 15) is 4.79 Å². The van der Waals surface area contributed by atoms with E-state index >= 15 is 0 Å². The molecule has 0 aliphatic carbocycles. The average molecular weight is 234 g/mol. The van der Waals surface area contributed by atoms with E-state index in [-0.39, 0.29) is 11.9 Å². The normalized spacial score (nSPS) is 14.5. The summed E-state index contributed by atoms with van der Waals surface area (Å²) in [7, 11) is 0. The first-order valence-electron chi connectivity index (χ1n) is 6.07. The molecule has 17 heavy (non-hydrogen) atoms. The molecule has 2 atom stereocenters. The topological polar surface area (TPSA) is 55.1 Å². The van der Waals surface area contributed by atoms with Crippen LogP contribution in [0.2, 0.25) is 0 Å². The summed E-state index contributed by atoms with van der Waals surface area (Å²) >= 11 is 0. The highest BCUT2D eigenvalue weighted by Gasteiger charge is 2.12. The molecular weight excluding hydrogens is 212 g/mol. The van der Waals surface area contributed by atoms with Gasteiger partial charge in [0.25, 0.3) is 0 Å². The maximum Gasteiger partial charge on any atom is 0.237 e. The van der Waals surface area contributed by atoms with Crippen LogP contribution in [-0.2, 0) is 4.79 Å². The predicted molar refractivity (Wildman–Crippen MR) is 70.7 cm³/mol. The second kappa shape index (κ2) is 5.82. The molecule has 94 valence electrons. The van der Waals surface area contributed by atoms with E-state index in [1.807, 2.05) is 6.92 Å². The van der Waals surface area contributed by atoms with Gasteiger partial charge >= 0.3 is 0 Å². The Bertz CT molecular complexity index is 368. The Kier molecular flexibility index (Phi) is 4.70. The second-order valence-electron chi connectivity index (χ2n) is 4.84. The van der Waals surface area contributed by atoms with Crippen molar-refractivity contribution in [3.8, 4) is 0 Å². The summed E-state index contributed by atoms with van der Waals surface area (Å²) in [5.41, 5.74) is 7.92. The summed E-state index contributed by atoms with van der Waals surface area (Å²) in [5, 5.41) is 2.88. The average Bonchev–Trinajstić information content (AvgIpc) is 2.28. The molecule has 0 aromatic heterocycles. The smallest absolute Gasteiger partial charge is 0.237 e. The highest BCUT2D eigenvalue weighted by molar-refractivity contribution is 5.81. The molecule has 3 heteroatoms. The van der Waals surface area contributed by atoms with E-state index in [0.717, 1.165) is 5.56 Å². The van der Waals surface area contributed by atoms with Crippen molar-refractivity contribution < 1.29 is 4.79 Å². The van der Waals surface area contributed by atoms with Crippen molar-refractivity contribution in [1.29, 1.82) is 0 Å². The molecule has 1 amide bonds. The number of hydrogen-bond donors (Lipinski definition) is 2. The van der Waals surface area contributed by atoms with Crippen LogP contribution in [0.25, 0.3) is 0 Å². The van der Waals surface area contributed by atoms with Crippen LogP contribution in [0.1, 0.15) is 50.8 Å². The maximum absolute atomic E-state index is 11.5. The summed E-state index contributed by atoms with van der Waals surface area (Å²) in [6.45, 7) is 7.97. The minimum Gasteiger partial charge on any atom is -0.348 e. The SMILES string of the molecule is CC(N)C(=O)NC(C)c1ccc(C(C)C)cc1. The number of rotatable bonds is 4. The van der Waals surface area contributed by atoms with Gasteiger partial charge in [-0.25, -0.2) is 0 Å². The van der Waals surface area contributed by atoms with Crippen LogP contribution in [-0.4, -0.2) is 11.9 Å². The first-order chi connectivity index (χ1) is 7.91. The van der Waals surface area contributed by atoms with Gasteiger partial charge in [-0.05, 0) is 30.9 Å². The molecule has 3 nitrogen and oxygen atoms in total. The van der Waals surface area contributed by atoms with Gasteiger partial charge in [-0.2, -0.15) is 0 Å². The van der Waals surface area contributed by atoms with Gasteiger partial charge in [0, 0.05) is 0 Å². The molecule has 1 rings (SSSR count). The lowest BCUT2D eigenvalue weighted by molar-refractivity contribution is -0.122. The van der Waals surface area contributed by atoms with Crippen molar-refractivity contribution in [2.24, 2.45) is 5.73 Å². The zero-order valence-electron chi connectivity index (χ0n) is 11.0. The number of nitrogens with two attached hydrogens (primary N) is 1. The van der Waals surface area contributed by atoms with Crippen molar-refractivity contribution >= 4 is 5.91 Å². The fraction of sp³-hybridized carbons (Fsp3) is 0.500. The number of nitrogens with one attached hydrogen (secondary N) is 1. The van der Waals surface area contributed by atoms with Gasteiger partial charge in [-0.3, -0.25) is 4.79 Å². The summed E-state index contributed by atoms with van der Waals surface area (Å²) in [6, 6.07) is 7.86. The Hall–Kier alpha value is -1.35. The van der Waals surface area contributed by atoms with Gasteiger partial charge in [0.1, 0.15) is 0 Å². The minimum atomic E-state index is -0.465. The first-order valence-corrected chi connectivity index (χ1v) is 6.07. The quantitative estimate of drug-likeness (QED) is 0.840. The van der Waals surface area contributed by atoms with E-state index in [0.29, 0.717) is 5.92 Å². The standard InChI is InChI=1S/C14H22N2O/c1-9(2)12-5-7-13(8-6-12)11(4)16-14(17)10(3)15/h5-11H,15H2,1-4H3,(H,16,17). The molecule has 0 radical (unpaired) electrons. The number of carbonyl (C=O) groups is 1. The van der Waals surface area contributed by atoms with Crippen molar-refractivity contribution in [2.75, 3.05) is 0 Å². The number of amides is 1. The molecule has 1 aromatic rings. The molecule has 2 unspecified atom stereocenters. The molecule has 0 aliphatic heterocycles. The molecule has 0 bridgehead atoms. The van der Waals surface area contributed by atoms with Crippen LogP contribution < -0.4 is 11.1 Å². The van der Waals surface area contributed by atoms with Gasteiger partial charge in [-0.1, -0.05) is 38.1 Å². The first kappa shape index (κ1) is 13.7. The fourth-order valence-corrected chi connectivity index (χ4v) is 1.60. The van der Waals surface area contributed by atoms with Crippen molar-refractivity contribution in [2.45, 2.75) is 45.7 Å². The maximum atomic E-state index is 11.5. The largest absolute Gasteiger partial charge is 0.348 e. The molecule has 3 N–H and O–H groups in total. The van der Waals surface area contributed by atoms with Crippen LogP contribution in [0.4, 0.5) is 0 Å². The van der Waals surface area contributed by atoms with Crippen LogP contribution >= 0.6 is 0 Å². The Morgan fingerprint density at radius 3 is 1.94 bits per heavy atom. The highest BCUT2D eigenvalue weighted by atomic mass is 16.2. The van der Waals surface area contributed by atoms with Crippen LogP contribution in [0.5, 0.6) is 0 Å². The Morgan fingerprint density at radius 1 is 1.06 bits per heavy atom. The number of benzene rings is 1. The lowest BCUT2D eigenvalue weighted by atomic mass is 9.99. The molecule has 1 aromatic carbocycles. The number of carbonyl (C=O) groups excluding carboxylic acids is 1. The summed E-state index contributed by atoms with van der Waals surface area (Å²) in [4.78, 5) is 11.5. The predicted octanol–water partition coefficient (Wildman–Crippen LogP) is 2.33. The van der Waals surface area contributed by atoms with Gasteiger partial charge in [-0.15, -0.1) is 0 Å². The van der Waals surface area contributed by atoms with Crippen molar-refractivity contribution in [1.82, 2.24) is 5.32 Å². The third kappa shape index (κ3) is 3.86. The second-order valence-corrected chi connectivity index (χ2v) is 4.84. The monoisotopic (exact) mass is 234 g/mol. The Morgan fingerprint density at radius 2 is 1.53 bits per heavy atom. The zero-order chi connectivity index (χ0) is 13.0. The van der Waals surface area contributed by atoms with Crippen molar-refractivity contribution in [3.63, 3.8) is 0 Å². The van der Waals surface area contributed by atoms with Crippen molar-refractivity contribution in [3.05, 3.63) is 35.4 Å². The zero-order valence-corrected chi connectivity index (χ0v) is 11.0. The fourth-order valence-electron chi connectivity index (χ4n) is 1.60. The molecule has 0 saturated carbocycles. The molecular formula is C14H22N2O. The van der Waals surface area contributed by atoms with E-state index in [4.69, 9.17) is 5.73 Å². The number of hydrogen-bond acceptors (Lipinski definition) is 2. The van der Waals surface area contributed by atoms with Gasteiger partial charge in [0.05, 0.1) is 12.1 Å². The van der Waals surface area contributed by atoms with Gasteiger partial charge in [0.2, 0.25) is 5.91 Å². The van der Waals surface area contributed by atoms with E-state index < -0.39 is 6.04 Å². The summed E-state index contributed by atoms with van der Waals surface area (Å²) < 4.78 is 0. The molecule has 0 saturated heterocycles. The third-order valence-electron chi connectivity index (χ3n) is 2.88. The van der Waals surface area contributed by atoms with Crippen LogP contribution in [0.3, 0.4) is 0 Å².